The fraction of sp³-hybridized carbons (Fsp3) is 0.581. The van der Waals surface area contributed by atoms with Crippen molar-refractivity contribution in [3.05, 3.63) is 57.7 Å². The number of ketones is 1. The number of benzene rings is 1. The number of hydrogen-bond donors (Lipinski definition) is 1. The van der Waals surface area contributed by atoms with Gasteiger partial charge in [0.1, 0.15) is 5.75 Å². The van der Waals surface area contributed by atoms with Gasteiger partial charge in [0, 0.05) is 22.3 Å². The summed E-state index contributed by atoms with van der Waals surface area (Å²) in [6.45, 7) is 29.3. The maximum atomic E-state index is 13.2. The maximum Gasteiger partial charge on any atom is 0.186 e. The molecular weight excluding hydrogens is 404 g/mol. The minimum Gasteiger partial charge on any atom is -0.507 e. The fourth-order valence-electron chi connectivity index (χ4n) is 3.92. The van der Waals surface area contributed by atoms with Crippen molar-refractivity contribution in [3.63, 3.8) is 0 Å². The summed E-state index contributed by atoms with van der Waals surface area (Å²) in [5, 5.41) is 11.0. The number of carbonyl (C=O) groups excluding carboxylic acids is 1. The van der Waals surface area contributed by atoms with Crippen LogP contribution in [0.1, 0.15) is 114 Å². The Kier molecular flexibility index (Phi) is 8.46. The normalized spacial score (nSPS) is 15.5. The molecule has 33 heavy (non-hydrogen) atoms. The number of carbonyl (C=O) groups is 1. The molecule has 184 valence electrons. The Balaban J connectivity index is 0.00000265. The van der Waals surface area contributed by atoms with Crippen LogP contribution in [0.3, 0.4) is 0 Å². The second-order valence-corrected chi connectivity index (χ2v) is 13.1. The largest absolute Gasteiger partial charge is 0.507 e. The van der Waals surface area contributed by atoms with Crippen molar-refractivity contribution in [2.45, 2.75) is 108 Å². The summed E-state index contributed by atoms with van der Waals surface area (Å²) in [5.41, 5.74) is 4.82. The topological polar surface area (TPSA) is 37.3 Å². The van der Waals surface area contributed by atoms with Crippen LogP contribution in [0.2, 0.25) is 0 Å². The van der Waals surface area contributed by atoms with Crippen LogP contribution in [0.25, 0.3) is 6.08 Å². The lowest BCUT2D eigenvalue weighted by molar-refractivity contribution is -0.114. The second-order valence-electron chi connectivity index (χ2n) is 13.1. The van der Waals surface area contributed by atoms with E-state index < -0.39 is 0 Å². The summed E-state index contributed by atoms with van der Waals surface area (Å²) in [7, 11) is 0. The standard InChI is InChI=1S/C29H42O2.C2H6/c1-26(2,3)20-14-18(15-21(24(20)30)27(4,5)6)13-19-16-22(28(7,8)9)25(31)23(17-19)29(10,11)12;1-2/h13-17,30H,1-12H3;1-2H3. The van der Waals surface area contributed by atoms with Gasteiger partial charge in [-0.15, -0.1) is 0 Å². The van der Waals surface area contributed by atoms with Crippen molar-refractivity contribution in [2.24, 2.45) is 10.8 Å². The van der Waals surface area contributed by atoms with Crippen LogP contribution in [0.5, 0.6) is 5.75 Å². The number of allylic oxidation sites excluding steroid dienone is 5. The van der Waals surface area contributed by atoms with Crippen molar-refractivity contribution in [2.75, 3.05) is 0 Å². The Bertz CT molecular complexity index is 899. The van der Waals surface area contributed by atoms with Gasteiger partial charge in [-0.2, -0.15) is 0 Å². The Morgan fingerprint density at radius 3 is 1.24 bits per heavy atom. The number of rotatable bonds is 1. The van der Waals surface area contributed by atoms with Gasteiger partial charge in [0.2, 0.25) is 0 Å². The highest BCUT2D eigenvalue weighted by atomic mass is 16.3. The third-order valence-corrected chi connectivity index (χ3v) is 5.81. The van der Waals surface area contributed by atoms with Gasteiger partial charge >= 0.3 is 0 Å². The average Bonchev–Trinajstić information content (AvgIpc) is 2.62. The van der Waals surface area contributed by atoms with E-state index in [0.717, 1.165) is 33.4 Å². The van der Waals surface area contributed by atoms with Crippen LogP contribution in [-0.4, -0.2) is 10.9 Å². The van der Waals surface area contributed by atoms with Crippen LogP contribution >= 0.6 is 0 Å². The van der Waals surface area contributed by atoms with Gasteiger partial charge in [-0.05, 0) is 63.2 Å². The van der Waals surface area contributed by atoms with Crippen molar-refractivity contribution in [3.8, 4) is 5.75 Å². The predicted octanol–water partition coefficient (Wildman–Crippen LogP) is 8.92. The van der Waals surface area contributed by atoms with Crippen LogP contribution < -0.4 is 0 Å². The lowest BCUT2D eigenvalue weighted by atomic mass is 9.71. The zero-order valence-corrected chi connectivity index (χ0v) is 23.7. The first-order valence-corrected chi connectivity index (χ1v) is 12.3. The second kappa shape index (κ2) is 9.65. The van der Waals surface area contributed by atoms with E-state index in [0.29, 0.717) is 5.75 Å². The van der Waals surface area contributed by atoms with Gasteiger partial charge in [0.05, 0.1) is 0 Å². The number of phenolic OH excluding ortho intramolecular Hbond substituents is 1. The Morgan fingerprint density at radius 1 is 0.636 bits per heavy atom. The van der Waals surface area contributed by atoms with Crippen molar-refractivity contribution >= 4 is 11.9 Å². The first-order chi connectivity index (χ1) is 14.7. The van der Waals surface area contributed by atoms with Crippen molar-refractivity contribution < 1.29 is 9.90 Å². The fourth-order valence-corrected chi connectivity index (χ4v) is 3.92. The third-order valence-electron chi connectivity index (χ3n) is 5.81. The monoisotopic (exact) mass is 452 g/mol. The molecule has 0 aromatic heterocycles. The van der Waals surface area contributed by atoms with Crippen molar-refractivity contribution in [1.82, 2.24) is 0 Å². The molecule has 0 saturated heterocycles. The number of aromatic hydroxyl groups is 1. The third kappa shape index (κ3) is 6.95. The zero-order chi connectivity index (χ0) is 26.2. The van der Waals surface area contributed by atoms with E-state index in [9.17, 15) is 9.90 Å². The van der Waals surface area contributed by atoms with E-state index in [4.69, 9.17) is 0 Å². The molecule has 2 heteroatoms. The molecule has 0 saturated carbocycles. The molecule has 1 aromatic rings. The van der Waals surface area contributed by atoms with Gasteiger partial charge in [-0.3, -0.25) is 4.79 Å². The summed E-state index contributed by atoms with van der Waals surface area (Å²) < 4.78 is 0. The zero-order valence-electron chi connectivity index (χ0n) is 23.7. The Morgan fingerprint density at radius 2 is 0.970 bits per heavy atom. The van der Waals surface area contributed by atoms with Gasteiger partial charge in [0.15, 0.2) is 5.78 Å². The number of Topliss-reactive ketones (excluding diaryl/α,β-unsaturated/α-hetero) is 1. The van der Waals surface area contributed by atoms with Gasteiger partial charge < -0.3 is 5.11 Å². The minimum absolute atomic E-state index is 0.147. The smallest absolute Gasteiger partial charge is 0.186 e. The lowest BCUT2D eigenvalue weighted by Gasteiger charge is -2.31. The van der Waals surface area contributed by atoms with Gasteiger partial charge in [-0.25, -0.2) is 0 Å². The predicted molar refractivity (Wildman–Crippen MR) is 145 cm³/mol. The summed E-state index contributed by atoms with van der Waals surface area (Å²) in [6.07, 6.45) is 6.23. The van der Waals surface area contributed by atoms with E-state index in [-0.39, 0.29) is 27.4 Å². The van der Waals surface area contributed by atoms with E-state index in [1.165, 1.54) is 0 Å². The molecule has 0 spiro atoms. The van der Waals surface area contributed by atoms with Crippen LogP contribution in [-0.2, 0) is 15.6 Å². The van der Waals surface area contributed by atoms with Crippen LogP contribution in [0.15, 0.2) is 41.0 Å². The molecule has 0 bridgehead atoms. The molecule has 2 nitrogen and oxygen atoms in total. The van der Waals surface area contributed by atoms with Gasteiger partial charge in [-0.1, -0.05) is 96.9 Å². The highest BCUT2D eigenvalue weighted by Crippen LogP contribution is 2.42. The molecule has 2 rings (SSSR count). The molecule has 0 atom stereocenters. The Hall–Kier alpha value is -2.09. The molecule has 1 N–H and O–H groups in total. The number of phenols is 1. The first-order valence-electron chi connectivity index (χ1n) is 12.3. The van der Waals surface area contributed by atoms with Crippen molar-refractivity contribution in [1.29, 1.82) is 0 Å². The summed E-state index contributed by atoms with van der Waals surface area (Å²) in [6, 6.07) is 4.17. The molecule has 0 fully saturated rings. The summed E-state index contributed by atoms with van der Waals surface area (Å²) in [4.78, 5) is 13.2. The molecular formula is C31H48O2. The molecule has 0 unspecified atom stereocenters. The molecule has 0 amide bonds. The van der Waals surface area contributed by atoms with E-state index in [2.05, 4.69) is 101 Å². The average molecular weight is 453 g/mol. The first kappa shape index (κ1) is 28.9. The quantitative estimate of drug-likeness (QED) is 0.462. The van der Waals surface area contributed by atoms with E-state index in [1.807, 2.05) is 26.0 Å². The molecule has 0 aliphatic heterocycles. The maximum absolute atomic E-state index is 13.2. The number of hydrogen-bond acceptors (Lipinski definition) is 2. The highest BCUT2D eigenvalue weighted by Gasteiger charge is 2.34. The van der Waals surface area contributed by atoms with Crippen LogP contribution in [0, 0.1) is 10.8 Å². The van der Waals surface area contributed by atoms with E-state index >= 15 is 0 Å². The van der Waals surface area contributed by atoms with E-state index in [1.54, 1.807) is 0 Å². The molecule has 1 aromatic carbocycles. The summed E-state index contributed by atoms with van der Waals surface area (Å²) >= 11 is 0. The minimum atomic E-state index is -0.233. The molecule has 0 radical (unpaired) electrons. The van der Waals surface area contributed by atoms with Crippen LogP contribution in [0.4, 0.5) is 0 Å². The summed E-state index contributed by atoms with van der Waals surface area (Å²) in [5.74, 6) is 0.534. The molecule has 0 heterocycles. The van der Waals surface area contributed by atoms with Gasteiger partial charge in [0.25, 0.3) is 0 Å². The lowest BCUT2D eigenvalue weighted by Crippen LogP contribution is -2.27. The molecule has 1 aliphatic carbocycles. The Labute approximate surface area is 203 Å². The highest BCUT2D eigenvalue weighted by molar-refractivity contribution is 6.12. The SMILES string of the molecule is CC.CC(C)(C)C1=CC(=Cc2cc(C(C)(C)C)c(O)c(C(C)(C)C)c2)C=C(C(C)(C)C)C1=O. The molecule has 1 aliphatic rings.